The molecule has 4 nitrogen and oxygen atoms in total. The molecule has 0 aromatic carbocycles. The van der Waals surface area contributed by atoms with Crippen LogP contribution in [0.15, 0.2) is 0 Å². The van der Waals surface area contributed by atoms with Crippen molar-refractivity contribution >= 4 is 5.91 Å². The van der Waals surface area contributed by atoms with Gasteiger partial charge in [0.15, 0.2) is 0 Å². The quantitative estimate of drug-likeness (QED) is 0.762. The number of carbonyl (C=O) groups excluding carboxylic acids is 1. The van der Waals surface area contributed by atoms with Crippen LogP contribution in [0.4, 0.5) is 0 Å². The average Bonchev–Trinajstić information content (AvgIpc) is 2.30. The predicted octanol–water partition coefficient (Wildman–Crippen LogP) is 0.524. The number of likely N-dealkylation sites (N-methyl/N-ethyl adjacent to an activating group) is 1. The summed E-state index contributed by atoms with van der Waals surface area (Å²) in [6, 6.07) is -0.323. The van der Waals surface area contributed by atoms with Crippen molar-refractivity contribution in [2.24, 2.45) is 11.7 Å². The van der Waals surface area contributed by atoms with Gasteiger partial charge in [-0.15, -0.1) is 0 Å². The molecule has 0 spiro atoms. The molecule has 0 aliphatic carbocycles. The van der Waals surface area contributed by atoms with Crippen molar-refractivity contribution in [3.05, 3.63) is 0 Å². The van der Waals surface area contributed by atoms with Crippen LogP contribution < -0.4 is 5.73 Å². The Morgan fingerprint density at radius 2 is 2.06 bits per heavy atom. The molecule has 16 heavy (non-hydrogen) atoms. The molecular weight excluding hydrogens is 202 g/mol. The molecule has 1 aliphatic heterocycles. The second-order valence-corrected chi connectivity index (χ2v) is 4.98. The van der Waals surface area contributed by atoms with Gasteiger partial charge in [0.1, 0.15) is 0 Å². The summed E-state index contributed by atoms with van der Waals surface area (Å²) in [5.74, 6) is 0.732. The molecular formula is C12H25N3O. The molecule has 0 saturated carbocycles. The van der Waals surface area contributed by atoms with Crippen molar-refractivity contribution in [1.82, 2.24) is 9.80 Å². The zero-order chi connectivity index (χ0) is 12.1. The first kappa shape index (κ1) is 13.5. The van der Waals surface area contributed by atoms with Crippen LogP contribution in [0.1, 0.15) is 26.2 Å². The molecule has 0 aromatic rings. The normalized spacial score (nSPS) is 20.8. The lowest BCUT2D eigenvalue weighted by molar-refractivity contribution is -0.132. The standard InChI is InChI=1S/C12H25N3O/c1-4-11(13)12(16)15(3)9-10-5-7-14(2)8-6-10/h10-11H,4-9,13H2,1-3H3/t11-/m1/s1. The molecule has 0 bridgehead atoms. The third-order valence-electron chi connectivity index (χ3n) is 3.50. The minimum absolute atomic E-state index is 0.0847. The van der Waals surface area contributed by atoms with Gasteiger partial charge in [-0.2, -0.15) is 0 Å². The number of rotatable bonds is 4. The van der Waals surface area contributed by atoms with Gasteiger partial charge < -0.3 is 15.5 Å². The number of nitrogens with two attached hydrogens (primary N) is 1. The highest BCUT2D eigenvalue weighted by molar-refractivity contribution is 5.81. The highest BCUT2D eigenvalue weighted by atomic mass is 16.2. The lowest BCUT2D eigenvalue weighted by Crippen LogP contribution is -2.44. The molecule has 1 atom stereocenters. The largest absolute Gasteiger partial charge is 0.344 e. The lowest BCUT2D eigenvalue weighted by Gasteiger charge is -2.32. The maximum absolute atomic E-state index is 11.8. The number of likely N-dealkylation sites (tertiary alicyclic amines) is 1. The van der Waals surface area contributed by atoms with Gasteiger partial charge in [0.2, 0.25) is 5.91 Å². The summed E-state index contributed by atoms with van der Waals surface area (Å²) in [7, 11) is 4.02. The van der Waals surface area contributed by atoms with Crippen LogP contribution in [0.5, 0.6) is 0 Å². The van der Waals surface area contributed by atoms with Gasteiger partial charge >= 0.3 is 0 Å². The maximum atomic E-state index is 11.8. The maximum Gasteiger partial charge on any atom is 0.239 e. The van der Waals surface area contributed by atoms with E-state index in [1.807, 2.05) is 18.9 Å². The second kappa shape index (κ2) is 6.21. The van der Waals surface area contributed by atoms with Gasteiger partial charge in [-0.25, -0.2) is 0 Å². The molecule has 94 valence electrons. The van der Waals surface area contributed by atoms with E-state index in [2.05, 4.69) is 11.9 Å². The van der Waals surface area contributed by atoms with Crippen molar-refractivity contribution in [3.63, 3.8) is 0 Å². The van der Waals surface area contributed by atoms with Gasteiger partial charge in [0.05, 0.1) is 6.04 Å². The Balaban J connectivity index is 2.33. The van der Waals surface area contributed by atoms with Crippen molar-refractivity contribution in [2.75, 3.05) is 33.7 Å². The fraction of sp³-hybridized carbons (Fsp3) is 0.917. The van der Waals surface area contributed by atoms with Crippen molar-refractivity contribution in [1.29, 1.82) is 0 Å². The smallest absolute Gasteiger partial charge is 0.239 e. The van der Waals surface area contributed by atoms with E-state index >= 15 is 0 Å². The molecule has 0 aromatic heterocycles. The Kier molecular flexibility index (Phi) is 5.22. The molecule has 0 unspecified atom stereocenters. The van der Waals surface area contributed by atoms with Gasteiger partial charge in [-0.1, -0.05) is 6.92 Å². The molecule has 0 radical (unpaired) electrons. The minimum atomic E-state index is -0.323. The number of hydrogen-bond donors (Lipinski definition) is 1. The summed E-state index contributed by atoms with van der Waals surface area (Å²) in [5.41, 5.74) is 5.75. The third kappa shape index (κ3) is 3.76. The number of nitrogens with zero attached hydrogens (tertiary/aromatic N) is 2. The van der Waals surface area contributed by atoms with E-state index in [4.69, 9.17) is 5.73 Å². The van der Waals surface area contributed by atoms with E-state index in [1.165, 1.54) is 12.8 Å². The number of carbonyl (C=O) groups is 1. The van der Waals surface area contributed by atoms with E-state index in [1.54, 1.807) is 0 Å². The zero-order valence-electron chi connectivity index (χ0n) is 10.8. The molecule has 1 amide bonds. The summed E-state index contributed by atoms with van der Waals surface area (Å²) < 4.78 is 0. The Hall–Kier alpha value is -0.610. The summed E-state index contributed by atoms with van der Waals surface area (Å²) >= 11 is 0. The number of piperidine rings is 1. The summed E-state index contributed by atoms with van der Waals surface area (Å²) in [4.78, 5) is 16.0. The molecule has 1 aliphatic rings. The van der Waals surface area contributed by atoms with E-state index < -0.39 is 0 Å². The number of amides is 1. The predicted molar refractivity (Wildman–Crippen MR) is 66.1 cm³/mol. The Bertz CT molecular complexity index is 224. The van der Waals surface area contributed by atoms with Crippen LogP contribution in [-0.2, 0) is 4.79 Å². The van der Waals surface area contributed by atoms with Gasteiger partial charge in [0, 0.05) is 13.6 Å². The second-order valence-electron chi connectivity index (χ2n) is 4.98. The van der Waals surface area contributed by atoms with Crippen LogP contribution in [-0.4, -0.2) is 55.5 Å². The van der Waals surface area contributed by atoms with Gasteiger partial charge in [0.25, 0.3) is 0 Å². The molecule has 1 fully saturated rings. The fourth-order valence-corrected chi connectivity index (χ4v) is 2.18. The molecule has 4 heteroatoms. The fourth-order valence-electron chi connectivity index (χ4n) is 2.18. The van der Waals surface area contributed by atoms with E-state index in [0.29, 0.717) is 5.92 Å². The van der Waals surface area contributed by atoms with Crippen LogP contribution in [0.3, 0.4) is 0 Å². The van der Waals surface area contributed by atoms with Gasteiger partial charge in [-0.3, -0.25) is 4.79 Å². The third-order valence-corrected chi connectivity index (χ3v) is 3.50. The van der Waals surface area contributed by atoms with Crippen LogP contribution in [0.2, 0.25) is 0 Å². The zero-order valence-corrected chi connectivity index (χ0v) is 10.8. The Morgan fingerprint density at radius 3 is 2.56 bits per heavy atom. The van der Waals surface area contributed by atoms with Crippen molar-refractivity contribution in [2.45, 2.75) is 32.2 Å². The Morgan fingerprint density at radius 1 is 1.50 bits per heavy atom. The summed E-state index contributed by atoms with van der Waals surface area (Å²) in [6.45, 7) is 5.10. The Labute approximate surface area is 98.8 Å². The van der Waals surface area contributed by atoms with E-state index in [0.717, 1.165) is 26.1 Å². The average molecular weight is 227 g/mol. The molecule has 1 saturated heterocycles. The minimum Gasteiger partial charge on any atom is -0.344 e. The topological polar surface area (TPSA) is 49.6 Å². The SMILES string of the molecule is CC[C@@H](N)C(=O)N(C)CC1CCN(C)CC1. The number of hydrogen-bond acceptors (Lipinski definition) is 3. The highest BCUT2D eigenvalue weighted by Crippen LogP contribution is 2.17. The summed E-state index contributed by atoms with van der Waals surface area (Å²) in [5, 5.41) is 0. The highest BCUT2D eigenvalue weighted by Gasteiger charge is 2.22. The summed E-state index contributed by atoms with van der Waals surface area (Å²) in [6.07, 6.45) is 3.10. The first-order valence-corrected chi connectivity index (χ1v) is 6.23. The van der Waals surface area contributed by atoms with Crippen LogP contribution in [0, 0.1) is 5.92 Å². The monoisotopic (exact) mass is 227 g/mol. The van der Waals surface area contributed by atoms with Crippen LogP contribution >= 0.6 is 0 Å². The van der Waals surface area contributed by atoms with E-state index in [9.17, 15) is 4.79 Å². The van der Waals surface area contributed by atoms with Crippen molar-refractivity contribution in [3.8, 4) is 0 Å². The van der Waals surface area contributed by atoms with Crippen LogP contribution in [0.25, 0.3) is 0 Å². The lowest BCUT2D eigenvalue weighted by atomic mass is 9.96. The van der Waals surface area contributed by atoms with Crippen molar-refractivity contribution < 1.29 is 4.79 Å². The van der Waals surface area contributed by atoms with Gasteiger partial charge in [-0.05, 0) is 45.3 Å². The first-order valence-electron chi connectivity index (χ1n) is 6.23. The molecule has 1 rings (SSSR count). The molecule has 2 N–H and O–H groups in total. The van der Waals surface area contributed by atoms with E-state index in [-0.39, 0.29) is 11.9 Å². The first-order chi connectivity index (χ1) is 7.54. The molecule has 1 heterocycles.